The highest BCUT2D eigenvalue weighted by Gasteiger charge is 2.33. The molecule has 2 aromatic rings. The van der Waals surface area contributed by atoms with Gasteiger partial charge in [-0.3, -0.25) is 0 Å². The van der Waals surface area contributed by atoms with Crippen molar-refractivity contribution in [1.29, 1.82) is 5.26 Å². The molecule has 2 N–H and O–H groups in total. The van der Waals surface area contributed by atoms with E-state index in [4.69, 9.17) is 10.4 Å². The Labute approximate surface area is 100 Å². The van der Waals surface area contributed by atoms with E-state index in [0.717, 1.165) is 6.07 Å². The van der Waals surface area contributed by atoms with Crippen LogP contribution in [0.4, 0.5) is 13.2 Å². The van der Waals surface area contributed by atoms with Gasteiger partial charge in [0.2, 0.25) is 0 Å². The largest absolute Gasteiger partial charge is 0.508 e. The standard InChI is InChI=1S/C12H7F3N2O/c13-12(14,15)10-5-8(6-16)11(17-10)7-1-3-9(18)4-2-7/h1-5,17-18H. The fourth-order valence-electron chi connectivity index (χ4n) is 1.55. The number of hydrogen-bond acceptors (Lipinski definition) is 2. The van der Waals surface area contributed by atoms with E-state index in [1.807, 2.05) is 0 Å². The van der Waals surface area contributed by atoms with Gasteiger partial charge in [0.1, 0.15) is 17.5 Å². The zero-order valence-electron chi connectivity index (χ0n) is 8.92. The summed E-state index contributed by atoms with van der Waals surface area (Å²) < 4.78 is 37.6. The van der Waals surface area contributed by atoms with E-state index >= 15 is 0 Å². The minimum absolute atomic E-state index is 0.000131. The number of phenolic OH excluding ortho intramolecular Hbond substituents is 1. The number of benzene rings is 1. The van der Waals surface area contributed by atoms with Gasteiger partial charge in [0, 0.05) is 0 Å². The molecule has 1 aromatic carbocycles. The first-order chi connectivity index (χ1) is 8.41. The summed E-state index contributed by atoms with van der Waals surface area (Å²) in [5.74, 6) is -0.000131. The molecule has 0 atom stereocenters. The van der Waals surface area contributed by atoms with Crippen molar-refractivity contribution in [1.82, 2.24) is 4.98 Å². The van der Waals surface area contributed by atoms with Crippen molar-refractivity contribution in [3.63, 3.8) is 0 Å². The molecule has 0 aliphatic heterocycles. The van der Waals surface area contributed by atoms with E-state index in [1.165, 1.54) is 24.3 Å². The van der Waals surface area contributed by atoms with Crippen LogP contribution in [0.3, 0.4) is 0 Å². The molecule has 0 aliphatic carbocycles. The highest BCUT2D eigenvalue weighted by Crippen LogP contribution is 2.33. The van der Waals surface area contributed by atoms with Crippen molar-refractivity contribution < 1.29 is 18.3 Å². The summed E-state index contributed by atoms with van der Waals surface area (Å²) in [6, 6.07) is 8.01. The summed E-state index contributed by atoms with van der Waals surface area (Å²) in [5.41, 5.74) is -0.570. The minimum atomic E-state index is -4.53. The lowest BCUT2D eigenvalue weighted by atomic mass is 10.1. The molecule has 92 valence electrons. The third kappa shape index (κ3) is 2.15. The van der Waals surface area contributed by atoms with Crippen molar-refractivity contribution in [2.45, 2.75) is 6.18 Å². The molecule has 0 fully saturated rings. The predicted molar refractivity (Wildman–Crippen MR) is 57.6 cm³/mol. The topological polar surface area (TPSA) is 59.8 Å². The van der Waals surface area contributed by atoms with Crippen molar-refractivity contribution in [3.05, 3.63) is 41.6 Å². The number of phenols is 1. The molecule has 0 unspecified atom stereocenters. The van der Waals surface area contributed by atoms with Crippen LogP contribution in [0.5, 0.6) is 5.75 Å². The van der Waals surface area contributed by atoms with E-state index in [-0.39, 0.29) is 17.0 Å². The lowest BCUT2D eigenvalue weighted by Crippen LogP contribution is -2.04. The van der Waals surface area contributed by atoms with Crippen molar-refractivity contribution in [2.75, 3.05) is 0 Å². The van der Waals surface area contributed by atoms with E-state index in [2.05, 4.69) is 4.98 Å². The second kappa shape index (κ2) is 4.11. The van der Waals surface area contributed by atoms with Crippen LogP contribution in [0.2, 0.25) is 0 Å². The zero-order valence-corrected chi connectivity index (χ0v) is 8.92. The third-order valence-electron chi connectivity index (χ3n) is 2.40. The maximum absolute atomic E-state index is 12.5. The molecular formula is C12H7F3N2O. The number of aromatic nitrogens is 1. The van der Waals surface area contributed by atoms with E-state index in [1.54, 1.807) is 6.07 Å². The molecule has 2 rings (SSSR count). The molecule has 1 heterocycles. The highest BCUT2D eigenvalue weighted by atomic mass is 19.4. The van der Waals surface area contributed by atoms with E-state index in [0.29, 0.717) is 5.56 Å². The van der Waals surface area contributed by atoms with Crippen LogP contribution >= 0.6 is 0 Å². The Bertz CT molecular complexity index is 606. The summed E-state index contributed by atoms with van der Waals surface area (Å²) in [6.07, 6.45) is -4.53. The van der Waals surface area contributed by atoms with Crippen LogP contribution in [0.25, 0.3) is 11.3 Å². The number of aromatic amines is 1. The average Bonchev–Trinajstić information content (AvgIpc) is 2.73. The normalized spacial score (nSPS) is 11.2. The fraction of sp³-hybridized carbons (Fsp3) is 0.0833. The molecule has 0 saturated heterocycles. The lowest BCUT2D eigenvalue weighted by molar-refractivity contribution is -0.140. The van der Waals surface area contributed by atoms with Gasteiger partial charge in [-0.15, -0.1) is 0 Å². The molecule has 3 nitrogen and oxygen atoms in total. The molecule has 1 aromatic heterocycles. The van der Waals surface area contributed by atoms with Gasteiger partial charge in [-0.2, -0.15) is 18.4 Å². The summed E-state index contributed by atoms with van der Waals surface area (Å²) >= 11 is 0. The van der Waals surface area contributed by atoms with Gasteiger partial charge in [0.25, 0.3) is 0 Å². The first-order valence-corrected chi connectivity index (χ1v) is 4.91. The zero-order chi connectivity index (χ0) is 13.3. The van der Waals surface area contributed by atoms with E-state index in [9.17, 15) is 13.2 Å². The molecule has 0 bridgehead atoms. The maximum atomic E-state index is 12.5. The summed E-state index contributed by atoms with van der Waals surface area (Å²) in [7, 11) is 0. The molecule has 0 aliphatic rings. The Morgan fingerprint density at radius 1 is 1.17 bits per heavy atom. The maximum Gasteiger partial charge on any atom is 0.431 e. The molecule has 6 heteroatoms. The molecule has 18 heavy (non-hydrogen) atoms. The minimum Gasteiger partial charge on any atom is -0.508 e. The number of aromatic hydroxyl groups is 1. The van der Waals surface area contributed by atoms with Gasteiger partial charge < -0.3 is 10.1 Å². The van der Waals surface area contributed by atoms with Crippen molar-refractivity contribution >= 4 is 0 Å². The number of nitrogens with zero attached hydrogens (tertiary/aromatic N) is 1. The quantitative estimate of drug-likeness (QED) is 0.818. The van der Waals surface area contributed by atoms with E-state index < -0.39 is 11.9 Å². The van der Waals surface area contributed by atoms with Gasteiger partial charge in [-0.25, -0.2) is 0 Å². The number of halogens is 3. The molecule has 0 amide bonds. The van der Waals surface area contributed by atoms with Gasteiger partial charge in [0.05, 0.1) is 11.3 Å². The highest BCUT2D eigenvalue weighted by molar-refractivity contribution is 5.68. The summed E-state index contributed by atoms with van der Waals surface area (Å²) in [5, 5.41) is 17.9. The summed E-state index contributed by atoms with van der Waals surface area (Å²) in [4.78, 5) is 2.18. The van der Waals surface area contributed by atoms with Crippen molar-refractivity contribution in [2.24, 2.45) is 0 Å². The van der Waals surface area contributed by atoms with Gasteiger partial charge >= 0.3 is 6.18 Å². The number of nitriles is 1. The van der Waals surface area contributed by atoms with Crippen LogP contribution in [0, 0.1) is 11.3 Å². The molecule has 0 radical (unpaired) electrons. The average molecular weight is 252 g/mol. The third-order valence-corrected chi connectivity index (χ3v) is 2.40. The number of nitrogens with one attached hydrogen (secondary N) is 1. The monoisotopic (exact) mass is 252 g/mol. The van der Waals surface area contributed by atoms with Gasteiger partial charge in [-0.05, 0) is 35.9 Å². The van der Waals surface area contributed by atoms with Crippen LogP contribution in [-0.2, 0) is 6.18 Å². The predicted octanol–water partition coefficient (Wildman–Crippen LogP) is 3.28. The number of H-pyrrole nitrogens is 1. The molecular weight excluding hydrogens is 245 g/mol. The lowest BCUT2D eigenvalue weighted by Gasteiger charge is -2.03. The second-order valence-corrected chi connectivity index (χ2v) is 3.63. The number of hydrogen-bond donors (Lipinski definition) is 2. The van der Waals surface area contributed by atoms with Crippen LogP contribution in [0.1, 0.15) is 11.3 Å². The smallest absolute Gasteiger partial charge is 0.431 e. The molecule has 0 spiro atoms. The number of alkyl halides is 3. The Kier molecular flexibility index (Phi) is 2.75. The van der Waals surface area contributed by atoms with Crippen molar-refractivity contribution in [3.8, 4) is 23.1 Å². The van der Waals surface area contributed by atoms with Gasteiger partial charge in [0.15, 0.2) is 0 Å². The van der Waals surface area contributed by atoms with Gasteiger partial charge in [-0.1, -0.05) is 0 Å². The first kappa shape index (κ1) is 12.0. The molecule has 0 saturated carbocycles. The Morgan fingerprint density at radius 2 is 1.78 bits per heavy atom. The Balaban J connectivity index is 2.54. The van der Waals surface area contributed by atoms with Crippen LogP contribution < -0.4 is 0 Å². The SMILES string of the molecule is N#Cc1cc(C(F)(F)F)[nH]c1-c1ccc(O)cc1. The van der Waals surface area contributed by atoms with Crippen LogP contribution in [-0.4, -0.2) is 10.1 Å². The Hall–Kier alpha value is -2.42. The first-order valence-electron chi connectivity index (χ1n) is 4.91. The second-order valence-electron chi connectivity index (χ2n) is 3.63. The summed E-state index contributed by atoms with van der Waals surface area (Å²) in [6.45, 7) is 0. The number of rotatable bonds is 1. The van der Waals surface area contributed by atoms with Crippen LogP contribution in [0.15, 0.2) is 30.3 Å². The fourth-order valence-corrected chi connectivity index (χ4v) is 1.55. The Morgan fingerprint density at radius 3 is 2.28 bits per heavy atom.